The Bertz CT molecular complexity index is 437. The van der Waals surface area contributed by atoms with Gasteiger partial charge in [0, 0.05) is 9.75 Å². The molecule has 0 spiro atoms. The fourth-order valence-corrected chi connectivity index (χ4v) is 2.28. The molecule has 1 aromatic heterocycles. The fraction of sp³-hybridized carbons (Fsp3) is 0.143. The highest BCUT2D eigenvalue weighted by atomic mass is 32.1. The molecule has 0 aliphatic carbocycles. The Morgan fingerprint density at radius 3 is 2.53 bits per heavy atom. The molecule has 1 heteroatoms. The van der Waals surface area contributed by atoms with Crippen molar-refractivity contribution in [3.8, 4) is 0 Å². The van der Waals surface area contributed by atoms with Gasteiger partial charge >= 0.3 is 0 Å². The van der Waals surface area contributed by atoms with Gasteiger partial charge in [-0.1, -0.05) is 36.4 Å². The number of benzene rings is 1. The van der Waals surface area contributed by atoms with E-state index in [1.165, 1.54) is 15.3 Å². The van der Waals surface area contributed by atoms with Gasteiger partial charge in [0.05, 0.1) is 0 Å². The maximum atomic E-state index is 2.22. The lowest BCUT2D eigenvalue weighted by molar-refractivity contribution is 1.28. The minimum atomic E-state index is 1.01. The van der Waals surface area contributed by atoms with Gasteiger partial charge in [0.15, 0.2) is 0 Å². The predicted octanol–water partition coefficient (Wildman–Crippen LogP) is 4.31. The minimum Gasteiger partial charge on any atom is -0.141 e. The third-order valence-electron chi connectivity index (χ3n) is 2.24. The van der Waals surface area contributed by atoms with Gasteiger partial charge in [0.25, 0.3) is 0 Å². The van der Waals surface area contributed by atoms with Crippen molar-refractivity contribution in [2.75, 3.05) is 0 Å². The lowest BCUT2D eigenvalue weighted by Gasteiger charge is -1.93. The van der Waals surface area contributed by atoms with Gasteiger partial charge in [-0.3, -0.25) is 0 Å². The number of rotatable bonds is 3. The van der Waals surface area contributed by atoms with Gasteiger partial charge in [0.1, 0.15) is 0 Å². The average molecular weight is 214 g/mol. The summed E-state index contributed by atoms with van der Waals surface area (Å²) in [5.41, 5.74) is 1.36. The second kappa shape index (κ2) is 4.94. The summed E-state index contributed by atoms with van der Waals surface area (Å²) in [6, 6.07) is 14.9. The Hall–Kier alpha value is -1.34. The zero-order valence-electron chi connectivity index (χ0n) is 8.81. The lowest BCUT2D eigenvalue weighted by Crippen LogP contribution is -1.77. The van der Waals surface area contributed by atoms with Crippen molar-refractivity contribution in [3.63, 3.8) is 0 Å². The highest BCUT2D eigenvalue weighted by Gasteiger charge is 1.91. The first kappa shape index (κ1) is 10.2. The molecular formula is C14H14S. The molecule has 0 N–H and O–H groups in total. The second-order valence-corrected chi connectivity index (χ2v) is 4.86. The van der Waals surface area contributed by atoms with Crippen LogP contribution in [0.1, 0.15) is 15.3 Å². The molecule has 0 saturated carbocycles. The molecule has 15 heavy (non-hydrogen) atoms. The summed E-state index contributed by atoms with van der Waals surface area (Å²) in [4.78, 5) is 2.71. The van der Waals surface area contributed by atoms with E-state index >= 15 is 0 Å². The Kier molecular flexibility index (Phi) is 3.36. The molecule has 2 aromatic rings. The smallest absolute Gasteiger partial charge is 0.0270 e. The van der Waals surface area contributed by atoms with Gasteiger partial charge in [0.2, 0.25) is 0 Å². The maximum Gasteiger partial charge on any atom is 0.0270 e. The first-order valence-electron chi connectivity index (χ1n) is 5.11. The van der Waals surface area contributed by atoms with Crippen LogP contribution in [-0.4, -0.2) is 0 Å². The van der Waals surface area contributed by atoms with Crippen LogP contribution in [0.15, 0.2) is 48.5 Å². The summed E-state index contributed by atoms with van der Waals surface area (Å²) < 4.78 is 0. The van der Waals surface area contributed by atoms with E-state index in [-0.39, 0.29) is 0 Å². The number of hydrogen-bond donors (Lipinski definition) is 0. The standard InChI is InChI=1S/C14H14S/c1-12-10-11-14(15-12)9-5-8-13-6-3-2-4-7-13/h2-7,9-11H,8H2,1H3/b9-5+. The van der Waals surface area contributed by atoms with E-state index in [4.69, 9.17) is 0 Å². The molecule has 0 nitrogen and oxygen atoms in total. The molecule has 0 fully saturated rings. The van der Waals surface area contributed by atoms with Gasteiger partial charge < -0.3 is 0 Å². The molecule has 0 amide bonds. The molecule has 1 heterocycles. The fourth-order valence-electron chi connectivity index (χ4n) is 1.47. The van der Waals surface area contributed by atoms with E-state index in [2.05, 4.69) is 61.5 Å². The molecule has 0 saturated heterocycles. The third-order valence-corrected chi connectivity index (χ3v) is 3.21. The van der Waals surface area contributed by atoms with Gasteiger partial charge in [-0.15, -0.1) is 11.3 Å². The van der Waals surface area contributed by atoms with Crippen molar-refractivity contribution in [2.24, 2.45) is 0 Å². The quantitative estimate of drug-likeness (QED) is 0.714. The van der Waals surface area contributed by atoms with Crippen LogP contribution in [0.5, 0.6) is 0 Å². The lowest BCUT2D eigenvalue weighted by atomic mass is 10.1. The summed E-state index contributed by atoms with van der Waals surface area (Å²) in [5.74, 6) is 0. The SMILES string of the molecule is Cc1ccc(/C=C/Cc2ccccc2)s1. The molecule has 1 aromatic carbocycles. The molecule has 2 rings (SSSR count). The monoisotopic (exact) mass is 214 g/mol. The van der Waals surface area contributed by atoms with Gasteiger partial charge in [-0.2, -0.15) is 0 Å². The molecule has 0 aliphatic rings. The average Bonchev–Trinajstić information content (AvgIpc) is 2.66. The van der Waals surface area contributed by atoms with E-state index in [9.17, 15) is 0 Å². The first-order chi connectivity index (χ1) is 7.34. The number of thiophene rings is 1. The Morgan fingerprint density at radius 1 is 1.07 bits per heavy atom. The summed E-state index contributed by atoms with van der Waals surface area (Å²) in [7, 11) is 0. The van der Waals surface area contributed by atoms with Crippen LogP contribution in [0, 0.1) is 6.92 Å². The number of allylic oxidation sites excluding steroid dienone is 1. The Balaban J connectivity index is 1.96. The van der Waals surface area contributed by atoms with Crippen molar-refractivity contribution < 1.29 is 0 Å². The summed E-state index contributed by atoms with van der Waals surface area (Å²) >= 11 is 1.84. The van der Waals surface area contributed by atoms with Gasteiger partial charge in [-0.05, 0) is 37.1 Å². The van der Waals surface area contributed by atoms with E-state index in [0.29, 0.717) is 0 Å². The number of aryl methyl sites for hydroxylation is 1. The molecule has 0 bridgehead atoms. The molecule has 0 aliphatic heterocycles. The zero-order chi connectivity index (χ0) is 10.5. The Labute approximate surface area is 94.9 Å². The zero-order valence-corrected chi connectivity index (χ0v) is 9.63. The second-order valence-electron chi connectivity index (χ2n) is 3.54. The molecule has 76 valence electrons. The highest BCUT2D eigenvalue weighted by Crippen LogP contribution is 2.16. The predicted molar refractivity (Wildman–Crippen MR) is 68.2 cm³/mol. The van der Waals surface area contributed by atoms with Crippen molar-refractivity contribution in [1.82, 2.24) is 0 Å². The van der Waals surface area contributed by atoms with Crippen LogP contribution < -0.4 is 0 Å². The van der Waals surface area contributed by atoms with Crippen molar-refractivity contribution in [1.29, 1.82) is 0 Å². The van der Waals surface area contributed by atoms with Crippen LogP contribution in [0.3, 0.4) is 0 Å². The van der Waals surface area contributed by atoms with Crippen molar-refractivity contribution in [2.45, 2.75) is 13.3 Å². The maximum absolute atomic E-state index is 2.22. The van der Waals surface area contributed by atoms with Crippen molar-refractivity contribution >= 4 is 17.4 Å². The van der Waals surface area contributed by atoms with E-state index < -0.39 is 0 Å². The summed E-state index contributed by atoms with van der Waals surface area (Å²) in [6.45, 7) is 2.14. The summed E-state index contributed by atoms with van der Waals surface area (Å²) in [6.07, 6.45) is 5.43. The first-order valence-corrected chi connectivity index (χ1v) is 5.93. The number of hydrogen-bond acceptors (Lipinski definition) is 1. The normalized spacial score (nSPS) is 11.0. The third kappa shape index (κ3) is 3.07. The van der Waals surface area contributed by atoms with Crippen LogP contribution in [-0.2, 0) is 6.42 Å². The molecule has 0 unspecified atom stereocenters. The largest absolute Gasteiger partial charge is 0.141 e. The molecular weight excluding hydrogens is 200 g/mol. The van der Waals surface area contributed by atoms with E-state index in [1.807, 2.05) is 11.3 Å². The van der Waals surface area contributed by atoms with Crippen LogP contribution in [0.2, 0.25) is 0 Å². The van der Waals surface area contributed by atoms with Crippen LogP contribution >= 0.6 is 11.3 Å². The molecule has 0 radical (unpaired) electrons. The summed E-state index contributed by atoms with van der Waals surface area (Å²) in [5, 5.41) is 0. The minimum absolute atomic E-state index is 1.01. The van der Waals surface area contributed by atoms with E-state index in [0.717, 1.165) is 6.42 Å². The van der Waals surface area contributed by atoms with Crippen LogP contribution in [0.25, 0.3) is 6.08 Å². The molecule has 0 atom stereocenters. The van der Waals surface area contributed by atoms with Crippen LogP contribution in [0.4, 0.5) is 0 Å². The van der Waals surface area contributed by atoms with Gasteiger partial charge in [-0.25, -0.2) is 0 Å². The Morgan fingerprint density at radius 2 is 1.87 bits per heavy atom. The highest BCUT2D eigenvalue weighted by molar-refractivity contribution is 7.12. The van der Waals surface area contributed by atoms with Crippen molar-refractivity contribution in [3.05, 3.63) is 63.9 Å². The topological polar surface area (TPSA) is 0 Å². The van der Waals surface area contributed by atoms with E-state index in [1.54, 1.807) is 0 Å².